The van der Waals surface area contributed by atoms with E-state index in [1.807, 2.05) is 4.90 Å². The lowest BCUT2D eigenvalue weighted by atomic mass is 9.91. The number of pyridine rings is 1. The van der Waals surface area contributed by atoms with Gasteiger partial charge < -0.3 is 14.4 Å². The van der Waals surface area contributed by atoms with Gasteiger partial charge in [-0.3, -0.25) is 19.6 Å². The van der Waals surface area contributed by atoms with Crippen LogP contribution in [0.1, 0.15) is 58.4 Å². The van der Waals surface area contributed by atoms with E-state index in [2.05, 4.69) is 11.1 Å². The maximum atomic E-state index is 14.4. The Kier molecular flexibility index (Phi) is 8.82. The van der Waals surface area contributed by atoms with E-state index < -0.39 is 23.3 Å². The molecule has 6 rings (SSSR count). The minimum absolute atomic E-state index is 0.0122. The molecule has 3 aliphatic heterocycles. The van der Waals surface area contributed by atoms with E-state index in [-0.39, 0.29) is 36.2 Å². The van der Waals surface area contributed by atoms with Crippen molar-refractivity contribution in [3.8, 4) is 17.9 Å². The molecule has 0 unspecified atom stereocenters. The predicted molar refractivity (Wildman–Crippen MR) is 160 cm³/mol. The number of ether oxygens (including phenoxy) is 2. The number of hydrogen-bond acceptors (Lipinski definition) is 8. The molecule has 12 heteroatoms. The molecule has 0 bridgehead atoms. The van der Waals surface area contributed by atoms with E-state index in [9.17, 15) is 18.4 Å². The van der Waals surface area contributed by atoms with Gasteiger partial charge >= 0.3 is 6.09 Å². The van der Waals surface area contributed by atoms with Gasteiger partial charge in [-0.1, -0.05) is 0 Å². The predicted octanol–water partition coefficient (Wildman–Crippen LogP) is 4.77. The molecular weight excluding hydrogens is 594 g/mol. The Hall–Kier alpha value is -5.07. The van der Waals surface area contributed by atoms with Gasteiger partial charge in [-0.25, -0.2) is 13.6 Å². The second-order valence-electron chi connectivity index (χ2n) is 12.0. The van der Waals surface area contributed by atoms with Crippen LogP contribution in [0.5, 0.6) is 5.75 Å². The molecule has 46 heavy (non-hydrogen) atoms. The topological polar surface area (TPSA) is 123 Å². The normalized spacial score (nSPS) is 18.2. The number of benzene rings is 2. The first-order valence-electron chi connectivity index (χ1n) is 15.2. The zero-order valence-corrected chi connectivity index (χ0v) is 25.1. The molecule has 1 spiro atoms. The van der Waals surface area contributed by atoms with Crippen molar-refractivity contribution in [3.63, 3.8) is 0 Å². The Morgan fingerprint density at radius 3 is 2.24 bits per heavy atom. The molecule has 2 amide bonds. The second-order valence-corrected chi connectivity index (χ2v) is 12.0. The highest BCUT2D eigenvalue weighted by atomic mass is 19.1. The van der Waals surface area contributed by atoms with Gasteiger partial charge in [0.15, 0.2) is 0 Å². The lowest BCUT2D eigenvalue weighted by Gasteiger charge is -2.37. The van der Waals surface area contributed by atoms with Crippen LogP contribution in [0.15, 0.2) is 54.7 Å². The number of likely N-dealkylation sites (tertiary alicyclic amines) is 2. The molecule has 0 N–H and O–H groups in total. The largest absolute Gasteiger partial charge is 0.490 e. The fraction of sp³-hybridized carbons (Fsp3) is 0.382. The van der Waals surface area contributed by atoms with Gasteiger partial charge in [0.25, 0.3) is 5.91 Å². The quantitative estimate of drug-likeness (QED) is 0.368. The van der Waals surface area contributed by atoms with Gasteiger partial charge in [-0.05, 0) is 48.5 Å². The highest BCUT2D eigenvalue weighted by Gasteiger charge is 2.47. The number of nitriles is 2. The van der Waals surface area contributed by atoms with Crippen LogP contribution >= 0.6 is 0 Å². The van der Waals surface area contributed by atoms with Crippen molar-refractivity contribution in [1.82, 2.24) is 19.7 Å². The van der Waals surface area contributed by atoms with Gasteiger partial charge in [-0.2, -0.15) is 10.5 Å². The van der Waals surface area contributed by atoms with Crippen molar-refractivity contribution < 1.29 is 27.8 Å². The van der Waals surface area contributed by atoms with Crippen molar-refractivity contribution in [1.29, 1.82) is 10.5 Å². The Labute approximate surface area is 265 Å². The summed E-state index contributed by atoms with van der Waals surface area (Å²) in [5.74, 6) is -0.894. The van der Waals surface area contributed by atoms with Gasteiger partial charge in [0.2, 0.25) is 0 Å². The summed E-state index contributed by atoms with van der Waals surface area (Å²) in [6.07, 6.45) is 3.50. The number of halogens is 2. The number of amides is 2. The summed E-state index contributed by atoms with van der Waals surface area (Å²) < 4.78 is 40.6. The van der Waals surface area contributed by atoms with Gasteiger partial charge in [0.1, 0.15) is 29.1 Å². The molecular formula is C34H32F2N6O4. The third-order valence-corrected chi connectivity index (χ3v) is 8.90. The summed E-state index contributed by atoms with van der Waals surface area (Å²) in [6.45, 7) is 2.77. The summed E-state index contributed by atoms with van der Waals surface area (Å²) in [4.78, 5) is 35.7. The molecule has 0 aliphatic carbocycles. The Morgan fingerprint density at radius 1 is 0.957 bits per heavy atom. The van der Waals surface area contributed by atoms with E-state index >= 15 is 0 Å². The molecule has 0 radical (unpaired) electrons. The smallest absolute Gasteiger partial charge is 0.410 e. The van der Waals surface area contributed by atoms with E-state index in [0.29, 0.717) is 81.0 Å². The fourth-order valence-corrected chi connectivity index (χ4v) is 6.24. The number of hydrogen-bond donors (Lipinski definition) is 0. The molecule has 1 aromatic heterocycles. The van der Waals surface area contributed by atoms with Crippen LogP contribution in [0, 0.1) is 34.3 Å². The number of rotatable bonds is 7. The maximum absolute atomic E-state index is 14.4. The molecule has 3 fully saturated rings. The Morgan fingerprint density at radius 2 is 1.63 bits per heavy atom. The van der Waals surface area contributed by atoms with Crippen molar-refractivity contribution in [2.75, 3.05) is 32.7 Å². The summed E-state index contributed by atoms with van der Waals surface area (Å²) >= 11 is 0. The number of carbonyl (C=O) groups is 2. The molecule has 3 aliphatic rings. The Bertz CT molecular complexity index is 1660. The molecule has 3 aromatic rings. The average Bonchev–Trinajstić information content (AvgIpc) is 3.37. The third-order valence-electron chi connectivity index (χ3n) is 8.90. The van der Waals surface area contributed by atoms with Crippen LogP contribution in [0.3, 0.4) is 0 Å². The summed E-state index contributed by atoms with van der Waals surface area (Å²) in [5, 5.41) is 17.9. The highest BCUT2D eigenvalue weighted by molar-refractivity contribution is 5.94. The van der Waals surface area contributed by atoms with E-state index in [1.54, 1.807) is 52.3 Å². The van der Waals surface area contributed by atoms with Crippen molar-refractivity contribution in [3.05, 3.63) is 94.3 Å². The van der Waals surface area contributed by atoms with Crippen LogP contribution < -0.4 is 4.74 Å². The number of carbonyl (C=O) groups excluding carboxylic acids is 2. The first kappa shape index (κ1) is 30.9. The fourth-order valence-electron chi connectivity index (χ4n) is 6.24. The van der Waals surface area contributed by atoms with Crippen LogP contribution in [-0.2, 0) is 17.8 Å². The van der Waals surface area contributed by atoms with Gasteiger partial charge in [0.05, 0.1) is 47.6 Å². The van der Waals surface area contributed by atoms with Crippen LogP contribution in [-0.4, -0.2) is 76.1 Å². The molecule has 3 saturated heterocycles. The maximum Gasteiger partial charge on any atom is 0.410 e. The van der Waals surface area contributed by atoms with Gasteiger partial charge in [0, 0.05) is 70.2 Å². The molecule has 10 nitrogen and oxygen atoms in total. The van der Waals surface area contributed by atoms with Crippen LogP contribution in [0.25, 0.3) is 0 Å². The highest BCUT2D eigenvalue weighted by Crippen LogP contribution is 2.35. The lowest BCUT2D eigenvalue weighted by molar-refractivity contribution is -0.00165. The number of aromatic nitrogens is 1. The summed E-state index contributed by atoms with van der Waals surface area (Å²) in [6, 6.07) is 16.4. The molecule has 236 valence electrons. The van der Waals surface area contributed by atoms with Crippen LogP contribution in [0.2, 0.25) is 0 Å². The summed E-state index contributed by atoms with van der Waals surface area (Å²) in [7, 11) is 0. The van der Waals surface area contributed by atoms with E-state index in [4.69, 9.17) is 20.0 Å². The number of piperidine rings is 2. The lowest BCUT2D eigenvalue weighted by Crippen LogP contribution is -2.46. The average molecular weight is 627 g/mol. The monoisotopic (exact) mass is 626 g/mol. The minimum atomic E-state index is -0.745. The van der Waals surface area contributed by atoms with Crippen molar-refractivity contribution in [2.45, 2.75) is 50.5 Å². The zero-order valence-electron chi connectivity index (χ0n) is 25.1. The first-order valence-corrected chi connectivity index (χ1v) is 15.2. The van der Waals surface area contributed by atoms with Gasteiger partial charge in [-0.15, -0.1) is 0 Å². The molecule has 2 aromatic carbocycles. The minimum Gasteiger partial charge on any atom is -0.490 e. The Balaban J connectivity index is 0.974. The van der Waals surface area contributed by atoms with Crippen LogP contribution in [0.4, 0.5) is 13.6 Å². The molecule has 4 heterocycles. The standard InChI is InChI=1S/C34H32F2N6O4/c35-30-15-24(18-38)16-31(36)29(30)21-40-13-9-34(10-14-40)22-42(33(44)46-34)20-26-4-3-25(19-39-26)32(43)41-11-7-28(8-12-41)45-27-5-1-23(17-37)2-6-27/h1-6,15-16,19,28H,7-14,20-22H2. The third kappa shape index (κ3) is 6.77. The SMILES string of the molecule is N#Cc1ccc(OC2CCN(C(=O)c3ccc(CN4CC5(CCN(Cc6c(F)cc(C#N)cc6F)CC5)OC4=O)nc3)CC2)cc1. The van der Waals surface area contributed by atoms with Crippen molar-refractivity contribution >= 4 is 12.0 Å². The summed E-state index contributed by atoms with van der Waals surface area (Å²) in [5.41, 5.74) is 0.855. The zero-order chi connectivity index (χ0) is 32.3. The van der Waals surface area contributed by atoms with E-state index in [1.165, 1.54) is 6.20 Å². The molecule has 0 saturated carbocycles. The van der Waals surface area contributed by atoms with Crippen molar-refractivity contribution in [2.24, 2.45) is 0 Å². The second kappa shape index (κ2) is 13.1. The first-order chi connectivity index (χ1) is 22.2. The molecule has 0 atom stereocenters. The van der Waals surface area contributed by atoms with E-state index in [0.717, 1.165) is 12.1 Å². The number of nitrogens with zero attached hydrogens (tertiary/aromatic N) is 6.